The monoisotopic (exact) mass is 427 g/mol. The summed E-state index contributed by atoms with van der Waals surface area (Å²) < 4.78 is 5.15. The number of amides is 3. The minimum absolute atomic E-state index is 0.0907. The Morgan fingerprint density at radius 1 is 1.13 bits per heavy atom. The van der Waals surface area contributed by atoms with Crippen molar-refractivity contribution in [2.24, 2.45) is 5.92 Å². The lowest BCUT2D eigenvalue weighted by molar-refractivity contribution is -0.117. The molecule has 1 unspecified atom stereocenters. The van der Waals surface area contributed by atoms with Gasteiger partial charge in [-0.1, -0.05) is 13.3 Å². The van der Waals surface area contributed by atoms with Crippen LogP contribution < -0.4 is 20.7 Å². The fourth-order valence-corrected chi connectivity index (χ4v) is 5.27. The van der Waals surface area contributed by atoms with E-state index < -0.39 is 0 Å². The molecule has 0 radical (unpaired) electrons. The van der Waals surface area contributed by atoms with E-state index in [4.69, 9.17) is 4.74 Å². The number of fused-ring (bicyclic) bond motifs is 1. The van der Waals surface area contributed by atoms with E-state index >= 15 is 0 Å². The molecular formula is C23H29N3O3S. The molecule has 3 N–H and O–H groups in total. The number of anilines is 2. The van der Waals surface area contributed by atoms with Gasteiger partial charge in [0.1, 0.15) is 5.75 Å². The molecule has 2 aliphatic rings. The number of urea groups is 1. The Balaban J connectivity index is 1.40. The van der Waals surface area contributed by atoms with E-state index in [1.54, 1.807) is 18.4 Å². The topological polar surface area (TPSA) is 79.5 Å². The molecule has 30 heavy (non-hydrogen) atoms. The van der Waals surface area contributed by atoms with Crippen molar-refractivity contribution in [1.82, 2.24) is 5.32 Å². The van der Waals surface area contributed by atoms with Crippen molar-refractivity contribution in [3.63, 3.8) is 0 Å². The molecule has 1 aromatic heterocycles. The molecule has 0 bridgehead atoms. The predicted octanol–water partition coefficient (Wildman–Crippen LogP) is 4.74. The summed E-state index contributed by atoms with van der Waals surface area (Å²) in [6.07, 6.45) is 6.66. The van der Waals surface area contributed by atoms with E-state index in [2.05, 4.69) is 22.9 Å². The Morgan fingerprint density at radius 2 is 1.90 bits per heavy atom. The van der Waals surface area contributed by atoms with Gasteiger partial charge in [-0.15, -0.1) is 11.3 Å². The summed E-state index contributed by atoms with van der Waals surface area (Å²) in [6, 6.07) is 7.19. The van der Waals surface area contributed by atoms with E-state index in [1.165, 1.54) is 16.0 Å². The SMILES string of the molecule is CCCc1c(NC(=O)C2CC2)sc2c1CC(NC(=O)Nc1ccc(OC)cc1)CC2. The van der Waals surface area contributed by atoms with Crippen LogP contribution in [0.25, 0.3) is 0 Å². The average Bonchev–Trinajstić information content (AvgIpc) is 3.54. The molecule has 1 atom stereocenters. The normalized spacial score (nSPS) is 17.7. The largest absolute Gasteiger partial charge is 0.497 e. The molecule has 1 aromatic carbocycles. The van der Waals surface area contributed by atoms with Crippen LogP contribution in [-0.4, -0.2) is 25.1 Å². The fourth-order valence-electron chi connectivity index (χ4n) is 3.97. The number of hydrogen-bond donors (Lipinski definition) is 3. The zero-order valence-corrected chi connectivity index (χ0v) is 18.4. The quantitative estimate of drug-likeness (QED) is 0.597. The predicted molar refractivity (Wildman–Crippen MR) is 121 cm³/mol. The molecule has 1 heterocycles. The van der Waals surface area contributed by atoms with Crippen molar-refractivity contribution in [2.75, 3.05) is 17.7 Å². The van der Waals surface area contributed by atoms with E-state index in [0.29, 0.717) is 0 Å². The summed E-state index contributed by atoms with van der Waals surface area (Å²) in [7, 11) is 1.62. The highest BCUT2D eigenvalue weighted by molar-refractivity contribution is 7.16. The van der Waals surface area contributed by atoms with Crippen LogP contribution in [0.1, 0.15) is 48.6 Å². The van der Waals surface area contributed by atoms with Gasteiger partial charge in [0.05, 0.1) is 12.1 Å². The molecule has 2 aliphatic carbocycles. The maximum absolute atomic E-state index is 12.5. The second-order valence-corrected chi connectivity index (χ2v) is 9.20. The molecule has 2 aromatic rings. The molecule has 0 spiro atoms. The highest BCUT2D eigenvalue weighted by atomic mass is 32.1. The Morgan fingerprint density at radius 3 is 2.57 bits per heavy atom. The highest BCUT2D eigenvalue weighted by Crippen LogP contribution is 2.40. The van der Waals surface area contributed by atoms with E-state index in [-0.39, 0.29) is 23.9 Å². The lowest BCUT2D eigenvalue weighted by Crippen LogP contribution is -2.41. The van der Waals surface area contributed by atoms with Gasteiger partial charge in [-0.2, -0.15) is 0 Å². The van der Waals surface area contributed by atoms with Crippen LogP contribution in [0.2, 0.25) is 0 Å². The van der Waals surface area contributed by atoms with E-state index in [1.807, 2.05) is 24.3 Å². The first-order valence-electron chi connectivity index (χ1n) is 10.7. The van der Waals surface area contributed by atoms with Gasteiger partial charge >= 0.3 is 6.03 Å². The third-order valence-corrected chi connectivity index (χ3v) is 6.99. The third-order valence-electron chi connectivity index (χ3n) is 5.74. The summed E-state index contributed by atoms with van der Waals surface area (Å²) in [4.78, 5) is 26.1. The number of rotatable bonds is 7. The van der Waals surface area contributed by atoms with Crippen molar-refractivity contribution < 1.29 is 14.3 Å². The zero-order chi connectivity index (χ0) is 21.1. The first kappa shape index (κ1) is 20.7. The summed E-state index contributed by atoms with van der Waals surface area (Å²) in [5.74, 6) is 1.13. The van der Waals surface area contributed by atoms with Gasteiger partial charge in [-0.25, -0.2) is 4.79 Å². The number of ether oxygens (including phenoxy) is 1. The summed E-state index contributed by atoms with van der Waals surface area (Å²) >= 11 is 1.73. The van der Waals surface area contributed by atoms with Crippen molar-refractivity contribution >= 4 is 34.0 Å². The van der Waals surface area contributed by atoms with E-state index in [9.17, 15) is 9.59 Å². The van der Waals surface area contributed by atoms with Crippen LogP contribution in [-0.2, 0) is 24.1 Å². The molecule has 7 heteroatoms. The van der Waals surface area contributed by atoms with Gasteiger partial charge < -0.3 is 20.7 Å². The molecule has 6 nitrogen and oxygen atoms in total. The van der Waals surface area contributed by atoms with Crippen molar-refractivity contribution in [3.05, 3.63) is 40.3 Å². The van der Waals surface area contributed by atoms with E-state index in [0.717, 1.165) is 61.4 Å². The first-order valence-corrected chi connectivity index (χ1v) is 11.5. The first-order chi connectivity index (χ1) is 14.6. The number of hydrogen-bond acceptors (Lipinski definition) is 4. The van der Waals surface area contributed by atoms with Crippen LogP contribution >= 0.6 is 11.3 Å². The number of thiophene rings is 1. The van der Waals surface area contributed by atoms with Gasteiger partial charge in [0, 0.05) is 22.5 Å². The van der Waals surface area contributed by atoms with Gasteiger partial charge in [-0.05, 0) is 73.9 Å². The lowest BCUT2D eigenvalue weighted by Gasteiger charge is -2.24. The number of benzene rings is 1. The van der Waals surface area contributed by atoms with Gasteiger partial charge in [0.2, 0.25) is 5.91 Å². The standard InChI is InChI=1S/C23H29N3O3S/c1-3-4-18-19-13-16(25-23(28)24-15-7-10-17(29-2)11-8-15)9-12-20(19)30-22(18)26-21(27)14-5-6-14/h7-8,10-11,14,16H,3-6,9,12-13H2,1-2H3,(H,26,27)(H2,24,25,28). The maximum Gasteiger partial charge on any atom is 0.319 e. The van der Waals surface area contributed by atoms with Crippen molar-refractivity contribution in [1.29, 1.82) is 0 Å². The minimum Gasteiger partial charge on any atom is -0.497 e. The number of carbonyl (C=O) groups excluding carboxylic acids is 2. The van der Waals surface area contributed by atoms with Crippen molar-refractivity contribution in [2.45, 2.75) is 57.9 Å². The molecule has 1 fully saturated rings. The molecule has 0 aliphatic heterocycles. The molecule has 160 valence electrons. The van der Waals surface area contributed by atoms with Gasteiger partial charge in [0.25, 0.3) is 0 Å². The summed E-state index contributed by atoms with van der Waals surface area (Å²) in [5, 5.41) is 10.2. The van der Waals surface area contributed by atoms with Gasteiger partial charge in [0.15, 0.2) is 0 Å². The molecular weight excluding hydrogens is 398 g/mol. The van der Waals surface area contributed by atoms with Crippen LogP contribution in [0, 0.1) is 5.92 Å². The van der Waals surface area contributed by atoms with Crippen LogP contribution in [0.15, 0.2) is 24.3 Å². The van der Waals surface area contributed by atoms with Crippen molar-refractivity contribution in [3.8, 4) is 5.75 Å². The second-order valence-electron chi connectivity index (χ2n) is 8.09. The molecule has 3 amide bonds. The van der Waals surface area contributed by atoms with Crippen LogP contribution in [0.5, 0.6) is 5.75 Å². The average molecular weight is 428 g/mol. The van der Waals surface area contributed by atoms with Crippen LogP contribution in [0.4, 0.5) is 15.5 Å². The lowest BCUT2D eigenvalue weighted by atomic mass is 9.90. The Kier molecular flexibility index (Phi) is 6.27. The molecule has 0 saturated heterocycles. The minimum atomic E-state index is -0.192. The Labute approximate surface area is 181 Å². The summed E-state index contributed by atoms with van der Waals surface area (Å²) in [5.41, 5.74) is 3.33. The number of nitrogens with one attached hydrogen (secondary N) is 3. The summed E-state index contributed by atoms with van der Waals surface area (Å²) in [6.45, 7) is 2.16. The fraction of sp³-hybridized carbons (Fsp3) is 0.478. The van der Waals surface area contributed by atoms with Gasteiger partial charge in [-0.3, -0.25) is 4.79 Å². The molecule has 4 rings (SSSR count). The third kappa shape index (κ3) is 4.78. The number of methoxy groups -OCH3 is 1. The Bertz CT molecular complexity index is 919. The smallest absolute Gasteiger partial charge is 0.319 e. The molecule has 1 saturated carbocycles. The number of carbonyl (C=O) groups is 2. The highest BCUT2D eigenvalue weighted by Gasteiger charge is 2.32. The zero-order valence-electron chi connectivity index (χ0n) is 17.5. The van der Waals surface area contributed by atoms with Crippen LogP contribution in [0.3, 0.4) is 0 Å². The number of aryl methyl sites for hydroxylation is 1. The maximum atomic E-state index is 12.5. The second kappa shape index (κ2) is 9.08. The Hall–Kier alpha value is -2.54.